The number of nitrogens with two attached hydrogens (primary N) is 1. The topological polar surface area (TPSA) is 55.6 Å². The molecule has 0 radical (unpaired) electrons. The van der Waals surface area contributed by atoms with Crippen LogP contribution in [0, 0.1) is 0 Å². The van der Waals surface area contributed by atoms with Crippen LogP contribution in [0.25, 0.3) is 0 Å². The van der Waals surface area contributed by atoms with Crippen molar-refractivity contribution in [1.29, 1.82) is 0 Å². The van der Waals surface area contributed by atoms with Crippen molar-refractivity contribution in [1.82, 2.24) is 0 Å². The number of cyclic esters (lactones) is 1. The van der Waals surface area contributed by atoms with Crippen LogP contribution in [-0.2, 0) is 4.74 Å². The lowest BCUT2D eigenvalue weighted by molar-refractivity contribution is 0.179. The molecule has 0 aromatic heterocycles. The molecule has 17 heavy (non-hydrogen) atoms. The van der Waals surface area contributed by atoms with Gasteiger partial charge in [-0.2, -0.15) is 0 Å². The summed E-state index contributed by atoms with van der Waals surface area (Å²) < 4.78 is 5.01. The van der Waals surface area contributed by atoms with Gasteiger partial charge >= 0.3 is 6.09 Å². The number of hydrogen-bond acceptors (Lipinski definition) is 3. The Hall–Kier alpha value is -1.55. The molecule has 0 spiro atoms. The molecule has 1 heterocycles. The van der Waals surface area contributed by atoms with E-state index in [-0.39, 0.29) is 12.1 Å². The van der Waals surface area contributed by atoms with E-state index in [0.29, 0.717) is 19.1 Å². The molecule has 0 bridgehead atoms. The van der Waals surface area contributed by atoms with Crippen LogP contribution < -0.4 is 10.6 Å². The zero-order chi connectivity index (χ0) is 12.4. The molecular formula is C13H18N2O2. The van der Waals surface area contributed by atoms with Crippen LogP contribution in [0.4, 0.5) is 10.5 Å². The third-order valence-electron chi connectivity index (χ3n) is 3.07. The number of hydrogen-bond donors (Lipinski definition) is 1. The van der Waals surface area contributed by atoms with Crippen LogP contribution in [0.1, 0.15) is 25.3 Å². The number of ether oxygens (including phenoxy) is 1. The van der Waals surface area contributed by atoms with Gasteiger partial charge in [-0.25, -0.2) is 4.79 Å². The fourth-order valence-electron chi connectivity index (χ4n) is 1.97. The molecule has 0 aliphatic carbocycles. The summed E-state index contributed by atoms with van der Waals surface area (Å²) in [5.74, 6) is 0.486. The predicted molar refractivity (Wildman–Crippen MR) is 67.2 cm³/mol. The number of amides is 1. The van der Waals surface area contributed by atoms with Crippen LogP contribution in [0.2, 0.25) is 0 Å². The smallest absolute Gasteiger partial charge is 0.414 e. The second-order valence-electron chi connectivity index (χ2n) is 4.58. The van der Waals surface area contributed by atoms with E-state index in [4.69, 9.17) is 10.5 Å². The highest BCUT2D eigenvalue weighted by molar-refractivity contribution is 5.90. The highest BCUT2D eigenvalue weighted by Crippen LogP contribution is 2.25. The SMILES string of the molecule is CC(C)c1ccc(N2C(=O)OCC2CN)cc1. The molecule has 1 aliphatic heterocycles. The average Bonchev–Trinajstić information content (AvgIpc) is 2.70. The quantitative estimate of drug-likeness (QED) is 0.871. The molecule has 1 unspecified atom stereocenters. The van der Waals surface area contributed by atoms with Crippen molar-refractivity contribution in [2.75, 3.05) is 18.1 Å². The van der Waals surface area contributed by atoms with E-state index in [0.717, 1.165) is 5.69 Å². The standard InChI is InChI=1S/C13H18N2O2/c1-9(2)10-3-5-11(6-4-10)15-12(7-14)8-17-13(15)16/h3-6,9,12H,7-8,14H2,1-2H3. The molecule has 1 amide bonds. The highest BCUT2D eigenvalue weighted by Gasteiger charge is 2.32. The first-order valence-electron chi connectivity index (χ1n) is 5.89. The molecule has 2 N–H and O–H groups in total. The predicted octanol–water partition coefficient (Wildman–Crippen LogP) is 2.09. The zero-order valence-corrected chi connectivity index (χ0v) is 10.2. The number of anilines is 1. The van der Waals surface area contributed by atoms with Gasteiger partial charge in [-0.05, 0) is 23.6 Å². The summed E-state index contributed by atoms with van der Waals surface area (Å²) in [5, 5.41) is 0. The first kappa shape index (κ1) is 11.9. The largest absolute Gasteiger partial charge is 0.447 e. The van der Waals surface area contributed by atoms with Crippen molar-refractivity contribution in [3.63, 3.8) is 0 Å². The van der Waals surface area contributed by atoms with E-state index >= 15 is 0 Å². The first-order valence-corrected chi connectivity index (χ1v) is 5.89. The fraction of sp³-hybridized carbons (Fsp3) is 0.462. The Morgan fingerprint density at radius 2 is 2.06 bits per heavy atom. The van der Waals surface area contributed by atoms with Gasteiger partial charge in [0.05, 0.1) is 6.04 Å². The summed E-state index contributed by atoms with van der Waals surface area (Å²) in [6.45, 7) is 5.07. The summed E-state index contributed by atoms with van der Waals surface area (Å²) in [6.07, 6.45) is -0.308. The minimum atomic E-state index is -0.308. The molecule has 1 aliphatic rings. The minimum Gasteiger partial charge on any atom is -0.447 e. The van der Waals surface area contributed by atoms with Crippen molar-refractivity contribution < 1.29 is 9.53 Å². The zero-order valence-electron chi connectivity index (χ0n) is 10.2. The lowest BCUT2D eigenvalue weighted by Crippen LogP contribution is -2.38. The Bertz CT molecular complexity index is 400. The van der Waals surface area contributed by atoms with Crippen LogP contribution >= 0.6 is 0 Å². The van der Waals surface area contributed by atoms with Crippen LogP contribution in [0.5, 0.6) is 0 Å². The second kappa shape index (κ2) is 4.75. The van der Waals surface area contributed by atoms with Gasteiger partial charge in [0.25, 0.3) is 0 Å². The third-order valence-corrected chi connectivity index (χ3v) is 3.07. The summed E-state index contributed by atoms with van der Waals surface area (Å²) in [5.41, 5.74) is 7.74. The van der Waals surface area contributed by atoms with Gasteiger partial charge in [0.15, 0.2) is 0 Å². The maximum Gasteiger partial charge on any atom is 0.414 e. The molecule has 1 atom stereocenters. The van der Waals surface area contributed by atoms with Crippen LogP contribution in [-0.4, -0.2) is 25.3 Å². The molecular weight excluding hydrogens is 216 g/mol. The molecule has 0 saturated carbocycles. The van der Waals surface area contributed by atoms with Crippen LogP contribution in [0.15, 0.2) is 24.3 Å². The van der Waals surface area contributed by atoms with Gasteiger partial charge in [0.2, 0.25) is 0 Å². The maximum atomic E-state index is 11.6. The van der Waals surface area contributed by atoms with Crippen molar-refractivity contribution in [2.24, 2.45) is 5.73 Å². The summed E-state index contributed by atoms with van der Waals surface area (Å²) in [7, 11) is 0. The lowest BCUT2D eigenvalue weighted by Gasteiger charge is -2.20. The average molecular weight is 234 g/mol. The van der Waals surface area contributed by atoms with Gasteiger partial charge in [-0.3, -0.25) is 4.90 Å². The second-order valence-corrected chi connectivity index (χ2v) is 4.58. The van der Waals surface area contributed by atoms with E-state index in [2.05, 4.69) is 13.8 Å². The molecule has 1 saturated heterocycles. The van der Waals surface area contributed by atoms with Gasteiger partial charge in [0, 0.05) is 12.2 Å². The molecule has 92 valence electrons. The van der Waals surface area contributed by atoms with Gasteiger partial charge in [-0.1, -0.05) is 26.0 Å². The van der Waals surface area contributed by atoms with E-state index in [1.807, 2.05) is 24.3 Å². The highest BCUT2D eigenvalue weighted by atomic mass is 16.6. The third kappa shape index (κ3) is 2.26. The Labute approximate surface area is 101 Å². The van der Waals surface area contributed by atoms with Gasteiger partial charge in [-0.15, -0.1) is 0 Å². The summed E-state index contributed by atoms with van der Waals surface area (Å²) in [4.78, 5) is 13.2. The summed E-state index contributed by atoms with van der Waals surface area (Å²) >= 11 is 0. The Balaban J connectivity index is 2.24. The number of benzene rings is 1. The molecule has 4 heteroatoms. The van der Waals surface area contributed by atoms with Gasteiger partial charge in [0.1, 0.15) is 6.61 Å². The lowest BCUT2D eigenvalue weighted by atomic mass is 10.0. The van der Waals surface area contributed by atoms with Crippen molar-refractivity contribution in [3.8, 4) is 0 Å². The van der Waals surface area contributed by atoms with E-state index < -0.39 is 0 Å². The Morgan fingerprint density at radius 3 is 2.59 bits per heavy atom. The minimum absolute atomic E-state index is 0.0487. The number of carbonyl (C=O) groups excluding carboxylic acids is 1. The van der Waals surface area contributed by atoms with E-state index in [1.165, 1.54) is 5.56 Å². The molecule has 2 rings (SSSR count). The number of carbonyl (C=O) groups is 1. The number of nitrogens with zero attached hydrogens (tertiary/aromatic N) is 1. The van der Waals surface area contributed by atoms with E-state index in [1.54, 1.807) is 4.90 Å². The van der Waals surface area contributed by atoms with Crippen LogP contribution in [0.3, 0.4) is 0 Å². The first-order chi connectivity index (χ1) is 8.13. The molecule has 1 aromatic rings. The van der Waals surface area contributed by atoms with Crippen molar-refractivity contribution in [3.05, 3.63) is 29.8 Å². The normalized spacial score (nSPS) is 19.9. The van der Waals surface area contributed by atoms with Crippen molar-refractivity contribution in [2.45, 2.75) is 25.8 Å². The molecule has 1 fully saturated rings. The maximum absolute atomic E-state index is 11.6. The summed E-state index contributed by atoms with van der Waals surface area (Å²) in [6, 6.07) is 7.93. The molecule has 1 aromatic carbocycles. The van der Waals surface area contributed by atoms with Crippen molar-refractivity contribution >= 4 is 11.8 Å². The fourth-order valence-corrected chi connectivity index (χ4v) is 1.97. The molecule has 4 nitrogen and oxygen atoms in total. The Kier molecular flexibility index (Phi) is 3.33. The Morgan fingerprint density at radius 1 is 1.41 bits per heavy atom. The van der Waals surface area contributed by atoms with Gasteiger partial charge < -0.3 is 10.5 Å². The monoisotopic (exact) mass is 234 g/mol. The van der Waals surface area contributed by atoms with E-state index in [9.17, 15) is 4.79 Å². The number of rotatable bonds is 3.